The predicted molar refractivity (Wildman–Crippen MR) is 116 cm³/mol. The summed E-state index contributed by atoms with van der Waals surface area (Å²) in [6.07, 6.45) is 1.31. The zero-order chi connectivity index (χ0) is 22.3. The average Bonchev–Trinajstić information content (AvgIpc) is 2.69. The van der Waals surface area contributed by atoms with Crippen molar-refractivity contribution < 1.29 is 23.9 Å². The van der Waals surface area contributed by atoms with Crippen molar-refractivity contribution in [2.45, 2.75) is 47.5 Å². The first-order valence-corrected chi connectivity index (χ1v) is 10.1. The maximum Gasteiger partial charge on any atom is 0.379 e. The molecule has 160 valence electrons. The van der Waals surface area contributed by atoms with Gasteiger partial charge in [-0.05, 0) is 62.3 Å². The van der Waals surface area contributed by atoms with Gasteiger partial charge in [-0.25, -0.2) is 9.59 Å². The number of Topliss-reactive ketones (excluding diaryl/α,β-unsaturated/α-hetero) is 1. The Morgan fingerprint density at radius 1 is 0.900 bits per heavy atom. The first kappa shape index (κ1) is 23.3. The summed E-state index contributed by atoms with van der Waals surface area (Å²) in [5.41, 5.74) is 3.18. The normalized spacial score (nSPS) is 11.1. The topological polar surface area (TPSA) is 69.7 Å². The van der Waals surface area contributed by atoms with Crippen molar-refractivity contribution in [1.82, 2.24) is 0 Å². The molecule has 0 fully saturated rings. The molecule has 30 heavy (non-hydrogen) atoms. The van der Waals surface area contributed by atoms with Crippen molar-refractivity contribution in [2.24, 2.45) is 5.41 Å². The van der Waals surface area contributed by atoms with Crippen LogP contribution in [0.25, 0.3) is 0 Å². The van der Waals surface area contributed by atoms with Gasteiger partial charge in [0.1, 0.15) is 0 Å². The van der Waals surface area contributed by atoms with Crippen LogP contribution in [-0.4, -0.2) is 30.9 Å². The maximum atomic E-state index is 12.6. The van der Waals surface area contributed by atoms with Gasteiger partial charge in [-0.15, -0.1) is 0 Å². The molecule has 0 bridgehead atoms. The Hall–Kier alpha value is -2.95. The SMILES string of the molecule is Cc1cc(C)c(C(=O)C(=O)OCC(C)(C)CCCOC(=O)c2ccccc2)c(C)c1. The van der Waals surface area contributed by atoms with Crippen molar-refractivity contribution in [1.29, 1.82) is 0 Å². The molecule has 0 saturated heterocycles. The van der Waals surface area contributed by atoms with Gasteiger partial charge in [0.15, 0.2) is 0 Å². The third-order valence-electron chi connectivity index (χ3n) is 4.92. The van der Waals surface area contributed by atoms with Crippen LogP contribution in [0.1, 0.15) is 64.1 Å². The third kappa shape index (κ3) is 6.55. The van der Waals surface area contributed by atoms with E-state index in [1.807, 2.05) is 52.8 Å². The number of rotatable bonds is 9. The van der Waals surface area contributed by atoms with Crippen LogP contribution in [-0.2, 0) is 14.3 Å². The van der Waals surface area contributed by atoms with E-state index in [2.05, 4.69) is 0 Å². The Morgan fingerprint density at radius 3 is 2.10 bits per heavy atom. The Kier molecular flexibility index (Phi) is 7.93. The molecule has 2 aromatic carbocycles. The van der Waals surface area contributed by atoms with Gasteiger partial charge in [0.2, 0.25) is 0 Å². The minimum absolute atomic E-state index is 0.119. The molecule has 0 aliphatic carbocycles. The summed E-state index contributed by atoms with van der Waals surface area (Å²) < 4.78 is 10.6. The van der Waals surface area contributed by atoms with Crippen molar-refractivity contribution in [3.63, 3.8) is 0 Å². The van der Waals surface area contributed by atoms with Gasteiger partial charge < -0.3 is 9.47 Å². The van der Waals surface area contributed by atoms with Crippen LogP contribution >= 0.6 is 0 Å². The highest BCUT2D eigenvalue weighted by Crippen LogP contribution is 2.24. The number of esters is 2. The standard InChI is InChI=1S/C25H30O5/c1-17-14-18(2)21(19(3)15-17)22(26)24(28)30-16-25(4,5)12-9-13-29-23(27)20-10-7-6-8-11-20/h6-8,10-11,14-15H,9,12-13,16H2,1-5H3. The summed E-state index contributed by atoms with van der Waals surface area (Å²) in [5, 5.41) is 0. The fourth-order valence-corrected chi connectivity index (χ4v) is 3.41. The van der Waals surface area contributed by atoms with Gasteiger partial charge in [-0.2, -0.15) is 0 Å². The van der Waals surface area contributed by atoms with E-state index in [-0.39, 0.29) is 24.6 Å². The summed E-state index contributed by atoms with van der Waals surface area (Å²) in [6, 6.07) is 12.6. The Morgan fingerprint density at radius 2 is 1.50 bits per heavy atom. The molecule has 0 aliphatic heterocycles. The molecule has 0 amide bonds. The predicted octanol–water partition coefficient (Wildman–Crippen LogP) is 5.00. The van der Waals surface area contributed by atoms with E-state index in [4.69, 9.17) is 9.47 Å². The molecule has 5 heteroatoms. The van der Waals surface area contributed by atoms with Gasteiger partial charge in [0.25, 0.3) is 5.78 Å². The van der Waals surface area contributed by atoms with E-state index in [9.17, 15) is 14.4 Å². The zero-order valence-electron chi connectivity index (χ0n) is 18.4. The first-order chi connectivity index (χ1) is 14.1. The van der Waals surface area contributed by atoms with E-state index in [0.717, 1.165) is 16.7 Å². The molecule has 0 atom stereocenters. The van der Waals surface area contributed by atoms with Gasteiger partial charge >= 0.3 is 11.9 Å². The smallest absolute Gasteiger partial charge is 0.379 e. The highest BCUT2D eigenvalue weighted by molar-refractivity contribution is 6.41. The number of carbonyl (C=O) groups excluding carboxylic acids is 3. The average molecular weight is 411 g/mol. The van der Waals surface area contributed by atoms with Gasteiger partial charge in [-0.1, -0.05) is 49.7 Å². The van der Waals surface area contributed by atoms with E-state index < -0.39 is 11.8 Å². The summed E-state index contributed by atoms with van der Waals surface area (Å²) in [7, 11) is 0. The minimum Gasteiger partial charge on any atom is -0.462 e. The molecule has 0 N–H and O–H groups in total. The zero-order valence-corrected chi connectivity index (χ0v) is 18.4. The Bertz CT molecular complexity index is 889. The minimum atomic E-state index is -0.839. The number of ether oxygens (including phenoxy) is 2. The summed E-state index contributed by atoms with van der Waals surface area (Å²) in [5.74, 6) is -1.81. The van der Waals surface area contributed by atoms with Crippen LogP contribution < -0.4 is 0 Å². The lowest BCUT2D eigenvalue weighted by atomic mass is 9.89. The number of ketones is 1. The van der Waals surface area contributed by atoms with Crippen molar-refractivity contribution in [3.05, 3.63) is 70.3 Å². The molecule has 5 nitrogen and oxygen atoms in total. The number of hydrogen-bond donors (Lipinski definition) is 0. The maximum absolute atomic E-state index is 12.6. The molecule has 0 aromatic heterocycles. The molecule has 0 heterocycles. The van der Waals surface area contributed by atoms with Crippen LogP contribution in [0, 0.1) is 26.2 Å². The lowest BCUT2D eigenvalue weighted by Crippen LogP contribution is -2.27. The number of hydrogen-bond acceptors (Lipinski definition) is 5. The quantitative estimate of drug-likeness (QED) is 0.252. The molecule has 0 aliphatic rings. The first-order valence-electron chi connectivity index (χ1n) is 10.1. The van der Waals surface area contributed by atoms with Crippen LogP contribution in [0.15, 0.2) is 42.5 Å². The summed E-state index contributed by atoms with van der Waals surface area (Å²) >= 11 is 0. The molecule has 2 aromatic rings. The van der Waals surface area contributed by atoms with Crippen LogP contribution in [0.5, 0.6) is 0 Å². The second kappa shape index (κ2) is 10.2. The van der Waals surface area contributed by atoms with E-state index in [1.165, 1.54) is 0 Å². The highest BCUT2D eigenvalue weighted by atomic mass is 16.5. The molecule has 0 radical (unpaired) electrons. The lowest BCUT2D eigenvalue weighted by Gasteiger charge is -2.24. The Labute approximate surface area is 178 Å². The van der Waals surface area contributed by atoms with Crippen molar-refractivity contribution >= 4 is 17.7 Å². The molecule has 0 unspecified atom stereocenters. The molecule has 2 rings (SSSR count). The summed E-state index contributed by atoms with van der Waals surface area (Å²) in [4.78, 5) is 36.8. The molecule has 0 spiro atoms. The van der Waals surface area contributed by atoms with Gasteiger partial charge in [0, 0.05) is 5.56 Å². The number of carbonyl (C=O) groups is 3. The third-order valence-corrected chi connectivity index (χ3v) is 4.92. The van der Waals surface area contributed by atoms with Crippen LogP contribution in [0.3, 0.4) is 0 Å². The van der Waals surface area contributed by atoms with Crippen LogP contribution in [0.4, 0.5) is 0 Å². The summed E-state index contributed by atoms with van der Waals surface area (Å²) in [6.45, 7) is 9.90. The van der Waals surface area contributed by atoms with Gasteiger partial charge in [0.05, 0.1) is 18.8 Å². The Balaban J connectivity index is 1.80. The van der Waals surface area contributed by atoms with E-state index >= 15 is 0 Å². The lowest BCUT2D eigenvalue weighted by molar-refractivity contribution is -0.141. The second-order valence-corrected chi connectivity index (χ2v) is 8.45. The fourth-order valence-electron chi connectivity index (χ4n) is 3.41. The fraction of sp³-hybridized carbons (Fsp3) is 0.400. The monoisotopic (exact) mass is 410 g/mol. The largest absolute Gasteiger partial charge is 0.462 e. The van der Waals surface area contributed by atoms with Crippen molar-refractivity contribution in [2.75, 3.05) is 13.2 Å². The number of benzene rings is 2. The van der Waals surface area contributed by atoms with Crippen molar-refractivity contribution in [3.8, 4) is 0 Å². The highest BCUT2D eigenvalue weighted by Gasteiger charge is 2.26. The number of aryl methyl sites for hydroxylation is 3. The van der Waals surface area contributed by atoms with E-state index in [1.54, 1.807) is 24.3 Å². The molecule has 0 saturated carbocycles. The van der Waals surface area contributed by atoms with Gasteiger partial charge in [-0.3, -0.25) is 4.79 Å². The molecular formula is C25H30O5. The van der Waals surface area contributed by atoms with Crippen LogP contribution in [0.2, 0.25) is 0 Å². The molecular weight excluding hydrogens is 380 g/mol. The second-order valence-electron chi connectivity index (χ2n) is 8.45. The van der Waals surface area contributed by atoms with E-state index in [0.29, 0.717) is 24.0 Å².